The van der Waals surface area contributed by atoms with Crippen molar-refractivity contribution in [3.8, 4) is 0 Å². The molecule has 0 heterocycles. The van der Waals surface area contributed by atoms with Crippen molar-refractivity contribution in [2.75, 3.05) is 0 Å². The first kappa shape index (κ1) is 11.1. The minimum Gasteiger partial charge on any atom is -0.300 e. The minimum absolute atomic E-state index is 0. The van der Waals surface area contributed by atoms with Crippen LogP contribution in [0.3, 0.4) is 0 Å². The Kier molecular flexibility index (Phi) is 7.40. The second-order valence-electron chi connectivity index (χ2n) is 1.58. The van der Waals surface area contributed by atoms with Gasteiger partial charge in [-0.2, -0.15) is 0 Å². The van der Waals surface area contributed by atoms with Gasteiger partial charge < -0.3 is 0 Å². The third-order valence-electron chi connectivity index (χ3n) is 0.498. The number of carbonyl (C=O) groups is 2. The molecular weight excluding hydrogens is 271 g/mol. The summed E-state index contributed by atoms with van der Waals surface area (Å²) < 4.78 is 0. The van der Waals surface area contributed by atoms with E-state index >= 15 is 0 Å². The van der Waals surface area contributed by atoms with Crippen molar-refractivity contribution < 1.29 is 35.4 Å². The number of hydrogen-bond acceptors (Lipinski definition) is 2. The van der Waals surface area contributed by atoms with Crippen molar-refractivity contribution in [1.82, 2.24) is 0 Å². The second-order valence-corrected chi connectivity index (χ2v) is 1.58. The van der Waals surface area contributed by atoms with Gasteiger partial charge in [0.25, 0.3) is 0 Å². The molecule has 0 rings (SSSR count). The normalized spacial score (nSPS) is 7.25. The third kappa shape index (κ3) is 9.51. The Morgan fingerprint density at radius 1 is 1.12 bits per heavy atom. The predicted molar refractivity (Wildman–Crippen MR) is 26.0 cm³/mol. The largest absolute Gasteiger partial charge is 4.00 e. The Hall–Kier alpha value is 0.210. The standard InChI is InChI=1S/C5H8O2.Hf/c1-4(6)3-5(2)7;/h3H2,1-2H3;/q;+4. The molecule has 2 nitrogen and oxygen atoms in total. The van der Waals surface area contributed by atoms with Crippen LogP contribution in [0.4, 0.5) is 0 Å². The molecule has 0 aromatic heterocycles. The van der Waals surface area contributed by atoms with E-state index in [1.165, 1.54) is 13.8 Å². The van der Waals surface area contributed by atoms with Crippen LogP contribution in [-0.4, -0.2) is 11.6 Å². The van der Waals surface area contributed by atoms with Crippen LogP contribution in [-0.2, 0) is 35.4 Å². The molecule has 0 saturated carbocycles. The van der Waals surface area contributed by atoms with Gasteiger partial charge in [0.2, 0.25) is 0 Å². The molecule has 0 spiro atoms. The Morgan fingerprint density at radius 2 is 1.38 bits per heavy atom. The molecule has 40 valence electrons. The molecule has 0 radical (unpaired) electrons. The van der Waals surface area contributed by atoms with Crippen LogP contribution in [0.2, 0.25) is 0 Å². The van der Waals surface area contributed by atoms with E-state index in [1.54, 1.807) is 0 Å². The van der Waals surface area contributed by atoms with Crippen LogP contribution in [0.25, 0.3) is 0 Å². The average Bonchev–Trinajstić information content (AvgIpc) is 1.27. The summed E-state index contributed by atoms with van der Waals surface area (Å²) in [4.78, 5) is 20.1. The molecule has 0 fully saturated rings. The molecule has 0 bridgehead atoms. The van der Waals surface area contributed by atoms with Crippen LogP contribution in [0.15, 0.2) is 0 Å². The van der Waals surface area contributed by atoms with Crippen molar-refractivity contribution in [1.29, 1.82) is 0 Å². The zero-order valence-electron chi connectivity index (χ0n) is 5.02. The molecule has 0 N–H and O–H groups in total. The number of hydrogen-bond donors (Lipinski definition) is 0. The monoisotopic (exact) mass is 280 g/mol. The Bertz CT molecular complexity index is 86.6. The molecule has 0 saturated heterocycles. The van der Waals surface area contributed by atoms with E-state index in [1.807, 2.05) is 0 Å². The van der Waals surface area contributed by atoms with Gasteiger partial charge in [-0.25, -0.2) is 0 Å². The SMILES string of the molecule is CC(=O)CC(C)=O.[Hf+4]. The molecule has 8 heavy (non-hydrogen) atoms. The van der Waals surface area contributed by atoms with Gasteiger partial charge in [-0.15, -0.1) is 0 Å². The van der Waals surface area contributed by atoms with E-state index in [4.69, 9.17) is 0 Å². The van der Waals surface area contributed by atoms with Gasteiger partial charge in [-0.3, -0.25) is 9.59 Å². The van der Waals surface area contributed by atoms with E-state index in [2.05, 4.69) is 0 Å². The van der Waals surface area contributed by atoms with Gasteiger partial charge in [0.15, 0.2) is 0 Å². The zero-order chi connectivity index (χ0) is 5.86. The van der Waals surface area contributed by atoms with Gasteiger partial charge in [0.05, 0.1) is 6.42 Å². The van der Waals surface area contributed by atoms with Gasteiger partial charge in [0.1, 0.15) is 11.6 Å². The van der Waals surface area contributed by atoms with Gasteiger partial charge >= 0.3 is 25.8 Å². The Labute approximate surface area is 67.4 Å². The molecular formula is C5H8HfO2+4. The van der Waals surface area contributed by atoms with E-state index in [-0.39, 0.29) is 43.8 Å². The van der Waals surface area contributed by atoms with E-state index in [0.29, 0.717) is 0 Å². The molecule has 3 heteroatoms. The minimum atomic E-state index is -0.0625. The summed E-state index contributed by atoms with van der Waals surface area (Å²) >= 11 is 0. The molecule has 0 aromatic rings. The number of rotatable bonds is 2. The first-order chi connectivity index (χ1) is 3.13. The van der Waals surface area contributed by atoms with Gasteiger partial charge in [-0.05, 0) is 13.8 Å². The first-order valence-corrected chi connectivity index (χ1v) is 2.12. The number of ketones is 2. The van der Waals surface area contributed by atoms with Crippen molar-refractivity contribution in [2.45, 2.75) is 20.3 Å². The van der Waals surface area contributed by atoms with Crippen molar-refractivity contribution in [3.05, 3.63) is 0 Å². The zero-order valence-corrected chi connectivity index (χ0v) is 8.62. The summed E-state index contributed by atoms with van der Waals surface area (Å²) in [5.41, 5.74) is 0. The third-order valence-corrected chi connectivity index (χ3v) is 0.498. The van der Waals surface area contributed by atoms with E-state index in [9.17, 15) is 9.59 Å². The van der Waals surface area contributed by atoms with E-state index in [0.717, 1.165) is 0 Å². The maximum atomic E-state index is 10.0. The Morgan fingerprint density at radius 3 is 1.38 bits per heavy atom. The summed E-state index contributed by atoms with van der Waals surface area (Å²) in [5.74, 6) is -0.125. The average molecular weight is 279 g/mol. The summed E-state index contributed by atoms with van der Waals surface area (Å²) in [7, 11) is 0. The topological polar surface area (TPSA) is 34.1 Å². The van der Waals surface area contributed by atoms with Crippen LogP contribution >= 0.6 is 0 Å². The fourth-order valence-corrected chi connectivity index (χ4v) is 0.351. The van der Waals surface area contributed by atoms with Crippen LogP contribution in [0, 0.1) is 0 Å². The summed E-state index contributed by atoms with van der Waals surface area (Å²) in [5, 5.41) is 0. The molecule has 0 aliphatic heterocycles. The van der Waals surface area contributed by atoms with Crippen LogP contribution in [0.1, 0.15) is 20.3 Å². The van der Waals surface area contributed by atoms with Crippen LogP contribution < -0.4 is 0 Å². The van der Waals surface area contributed by atoms with E-state index < -0.39 is 0 Å². The Balaban J connectivity index is 0. The van der Waals surface area contributed by atoms with Crippen molar-refractivity contribution in [2.24, 2.45) is 0 Å². The maximum Gasteiger partial charge on any atom is 4.00 e. The molecule has 0 aliphatic carbocycles. The summed E-state index contributed by atoms with van der Waals surface area (Å²) in [6.45, 7) is 2.81. The molecule has 0 amide bonds. The fraction of sp³-hybridized carbons (Fsp3) is 0.600. The van der Waals surface area contributed by atoms with Crippen LogP contribution in [0.5, 0.6) is 0 Å². The molecule has 0 aliphatic rings. The second kappa shape index (κ2) is 5.35. The molecule has 0 atom stereocenters. The van der Waals surface area contributed by atoms with Gasteiger partial charge in [-0.1, -0.05) is 0 Å². The fourth-order valence-electron chi connectivity index (χ4n) is 0.351. The first-order valence-electron chi connectivity index (χ1n) is 2.12. The van der Waals surface area contributed by atoms with Crippen molar-refractivity contribution >= 4 is 11.6 Å². The molecule has 0 unspecified atom stereocenters. The quantitative estimate of drug-likeness (QED) is 0.546. The number of carbonyl (C=O) groups excluding carboxylic acids is 2. The number of Topliss-reactive ketones (excluding diaryl/α,β-unsaturated/α-hetero) is 2. The smallest absolute Gasteiger partial charge is 0.300 e. The maximum absolute atomic E-state index is 10.0. The summed E-state index contributed by atoms with van der Waals surface area (Å²) in [6.07, 6.45) is 0.0833. The summed E-state index contributed by atoms with van der Waals surface area (Å²) in [6, 6.07) is 0. The van der Waals surface area contributed by atoms with Crippen molar-refractivity contribution in [3.63, 3.8) is 0 Å². The van der Waals surface area contributed by atoms with Gasteiger partial charge in [0, 0.05) is 0 Å². The molecule has 0 aromatic carbocycles. The predicted octanol–water partition coefficient (Wildman–Crippen LogP) is 0.552.